The molecule has 4 rings (SSSR count). The topological polar surface area (TPSA) is 76.8 Å². The van der Waals surface area contributed by atoms with E-state index in [1.807, 2.05) is 13.0 Å². The first-order valence-electron chi connectivity index (χ1n) is 8.96. The van der Waals surface area contributed by atoms with Crippen LogP contribution in [0.3, 0.4) is 0 Å². The predicted octanol–water partition coefficient (Wildman–Crippen LogP) is 3.58. The summed E-state index contributed by atoms with van der Waals surface area (Å²) in [6.07, 6.45) is 1.65. The minimum absolute atomic E-state index is 0.191. The third-order valence-electron chi connectivity index (χ3n) is 5.10. The molecule has 0 radical (unpaired) electrons. The molecule has 1 fully saturated rings. The van der Waals surface area contributed by atoms with Gasteiger partial charge in [0.25, 0.3) is 0 Å². The number of carbonyl (C=O) groups excluding carboxylic acids is 2. The van der Waals surface area contributed by atoms with E-state index in [1.54, 1.807) is 34.0 Å². The first-order valence-corrected chi connectivity index (χ1v) is 10.8. The molecule has 2 aliphatic rings. The molecule has 29 heavy (non-hydrogen) atoms. The van der Waals surface area contributed by atoms with Gasteiger partial charge in [-0.15, -0.1) is 11.8 Å². The van der Waals surface area contributed by atoms with Crippen LogP contribution in [-0.2, 0) is 14.3 Å². The number of aromatic nitrogens is 2. The minimum atomic E-state index is -0.659. The van der Waals surface area contributed by atoms with Crippen LogP contribution >= 0.6 is 35.0 Å². The van der Waals surface area contributed by atoms with Crippen molar-refractivity contribution < 1.29 is 14.3 Å². The number of amides is 1. The first kappa shape index (κ1) is 20.3. The molecular weight excluding hydrogens is 435 g/mol. The number of fused-ring (bicyclic) bond motifs is 1. The number of ether oxygens (including phenoxy) is 1. The van der Waals surface area contributed by atoms with Gasteiger partial charge in [0, 0.05) is 24.1 Å². The van der Waals surface area contributed by atoms with Crippen molar-refractivity contribution in [2.24, 2.45) is 10.9 Å². The van der Waals surface area contributed by atoms with E-state index in [1.165, 1.54) is 18.9 Å². The smallest absolute Gasteiger partial charge is 0.339 e. The number of nitrogens with zero attached hydrogens (tertiary/aromatic N) is 4. The van der Waals surface area contributed by atoms with Gasteiger partial charge in [0.15, 0.2) is 11.2 Å². The first-order chi connectivity index (χ1) is 13.9. The molecular formula is C19H18Cl2N4O3S. The molecule has 7 nitrogen and oxygen atoms in total. The molecule has 152 valence electrons. The van der Waals surface area contributed by atoms with Crippen LogP contribution in [0.5, 0.6) is 0 Å². The highest BCUT2D eigenvalue weighted by molar-refractivity contribution is 8.00. The number of hydrogen-bond acceptors (Lipinski definition) is 6. The van der Waals surface area contributed by atoms with E-state index in [0.29, 0.717) is 33.9 Å². The molecule has 3 atom stereocenters. The van der Waals surface area contributed by atoms with Crippen LogP contribution in [0, 0.1) is 5.92 Å². The van der Waals surface area contributed by atoms with Gasteiger partial charge >= 0.3 is 5.97 Å². The van der Waals surface area contributed by atoms with Gasteiger partial charge in [-0.2, -0.15) is 5.10 Å². The third kappa shape index (κ3) is 3.53. The molecule has 1 saturated heterocycles. The van der Waals surface area contributed by atoms with Crippen molar-refractivity contribution in [2.45, 2.75) is 18.3 Å². The summed E-state index contributed by atoms with van der Waals surface area (Å²) in [6, 6.07) is 6.62. The highest BCUT2D eigenvalue weighted by Crippen LogP contribution is 2.40. The molecule has 1 aromatic heterocycles. The van der Waals surface area contributed by atoms with Crippen molar-refractivity contribution >= 4 is 58.4 Å². The van der Waals surface area contributed by atoms with E-state index in [4.69, 9.17) is 27.9 Å². The van der Waals surface area contributed by atoms with Crippen LogP contribution in [0.15, 0.2) is 35.5 Å². The van der Waals surface area contributed by atoms with Gasteiger partial charge in [-0.25, -0.2) is 14.5 Å². The monoisotopic (exact) mass is 452 g/mol. The molecule has 0 saturated carbocycles. The Balaban J connectivity index is 1.78. The largest absolute Gasteiger partial charge is 0.467 e. The van der Waals surface area contributed by atoms with E-state index in [-0.39, 0.29) is 5.91 Å². The van der Waals surface area contributed by atoms with Crippen molar-refractivity contribution in [1.82, 2.24) is 14.7 Å². The highest BCUT2D eigenvalue weighted by atomic mass is 35.5. The van der Waals surface area contributed by atoms with Gasteiger partial charge in [-0.05, 0) is 24.6 Å². The molecule has 3 unspecified atom stereocenters. The number of aliphatic imine (C=N–C) groups is 1. The maximum absolute atomic E-state index is 13.6. The van der Waals surface area contributed by atoms with Crippen molar-refractivity contribution in [3.05, 3.63) is 46.1 Å². The standard InChI is InChI=1S/C19H18Cl2N4O3S/c1-10-15(17(26)24-7-8-29-18(24)19(27)28-2)16(25-14(23-10)5-6-22-25)11-3-4-12(20)13(21)9-11/h3-6,9,15-16,18H,7-8H2,1-2H3. The average Bonchev–Trinajstić information content (AvgIpc) is 3.37. The molecule has 3 heterocycles. The van der Waals surface area contributed by atoms with Gasteiger partial charge in [0.1, 0.15) is 5.92 Å². The maximum Gasteiger partial charge on any atom is 0.339 e. The minimum Gasteiger partial charge on any atom is -0.467 e. The van der Waals surface area contributed by atoms with Gasteiger partial charge in [-0.3, -0.25) is 4.79 Å². The molecule has 2 aliphatic heterocycles. The average molecular weight is 453 g/mol. The normalized spacial score (nSPS) is 23.5. The molecule has 10 heteroatoms. The summed E-state index contributed by atoms with van der Waals surface area (Å²) in [7, 11) is 1.33. The molecule has 1 amide bonds. The summed E-state index contributed by atoms with van der Waals surface area (Å²) in [5.74, 6) is 0.0632. The summed E-state index contributed by atoms with van der Waals surface area (Å²) >= 11 is 13.7. The van der Waals surface area contributed by atoms with E-state index in [2.05, 4.69) is 10.1 Å². The van der Waals surface area contributed by atoms with Crippen LogP contribution in [0.25, 0.3) is 0 Å². The van der Waals surface area contributed by atoms with E-state index in [9.17, 15) is 9.59 Å². The summed E-state index contributed by atoms with van der Waals surface area (Å²) in [4.78, 5) is 31.9. The Morgan fingerprint density at radius 3 is 2.76 bits per heavy atom. The van der Waals surface area contributed by atoms with E-state index < -0.39 is 23.3 Å². The van der Waals surface area contributed by atoms with E-state index in [0.717, 1.165) is 5.56 Å². The molecule has 2 aromatic rings. The van der Waals surface area contributed by atoms with Crippen LogP contribution in [-0.4, -0.2) is 57.0 Å². The number of thioether (sulfide) groups is 1. The Morgan fingerprint density at radius 1 is 1.24 bits per heavy atom. The predicted molar refractivity (Wildman–Crippen MR) is 113 cm³/mol. The molecule has 1 aromatic carbocycles. The SMILES string of the molecule is COC(=O)C1SCCN1C(=O)C1C(C)=Nc2ccnn2C1c1ccc(Cl)c(Cl)c1. The number of carbonyl (C=O) groups is 2. The van der Waals surface area contributed by atoms with Crippen molar-refractivity contribution in [3.63, 3.8) is 0 Å². The molecule has 0 aliphatic carbocycles. The van der Waals surface area contributed by atoms with Gasteiger partial charge in [-0.1, -0.05) is 29.3 Å². The number of hydrogen-bond donors (Lipinski definition) is 0. The zero-order chi connectivity index (χ0) is 20.7. The quantitative estimate of drug-likeness (QED) is 0.665. The fourth-order valence-electron chi connectivity index (χ4n) is 3.74. The number of rotatable bonds is 3. The lowest BCUT2D eigenvalue weighted by atomic mass is 9.87. The summed E-state index contributed by atoms with van der Waals surface area (Å²) in [5, 5.41) is 4.57. The Hall–Kier alpha value is -2.03. The lowest BCUT2D eigenvalue weighted by molar-refractivity contribution is -0.149. The zero-order valence-electron chi connectivity index (χ0n) is 15.7. The maximum atomic E-state index is 13.6. The number of halogens is 2. The second-order valence-corrected chi connectivity index (χ2v) is 8.76. The lowest BCUT2D eigenvalue weighted by Crippen LogP contribution is -2.48. The van der Waals surface area contributed by atoms with Gasteiger partial charge < -0.3 is 9.64 Å². The fraction of sp³-hybridized carbons (Fsp3) is 0.368. The van der Waals surface area contributed by atoms with Gasteiger partial charge in [0.2, 0.25) is 5.91 Å². The second kappa shape index (κ2) is 8.01. The Morgan fingerprint density at radius 2 is 2.03 bits per heavy atom. The van der Waals surface area contributed by atoms with Gasteiger partial charge in [0.05, 0.1) is 29.4 Å². The highest BCUT2D eigenvalue weighted by Gasteiger charge is 2.45. The van der Waals surface area contributed by atoms with E-state index >= 15 is 0 Å². The Bertz CT molecular complexity index is 1010. The Kier molecular flexibility index (Phi) is 5.59. The fourth-order valence-corrected chi connectivity index (χ4v) is 5.20. The van der Waals surface area contributed by atoms with Crippen LogP contribution in [0.4, 0.5) is 5.82 Å². The Labute approximate surface area is 182 Å². The summed E-state index contributed by atoms with van der Waals surface area (Å²) in [6.45, 7) is 2.28. The number of methoxy groups -OCH3 is 1. The molecule has 0 N–H and O–H groups in total. The van der Waals surface area contributed by atoms with Crippen LogP contribution in [0.2, 0.25) is 10.0 Å². The van der Waals surface area contributed by atoms with Crippen molar-refractivity contribution in [3.8, 4) is 0 Å². The van der Waals surface area contributed by atoms with Crippen molar-refractivity contribution in [1.29, 1.82) is 0 Å². The lowest BCUT2D eigenvalue weighted by Gasteiger charge is -2.34. The molecule has 0 spiro atoms. The third-order valence-corrected chi connectivity index (χ3v) is 7.02. The van der Waals surface area contributed by atoms with Crippen molar-refractivity contribution in [2.75, 3.05) is 19.4 Å². The summed E-state index contributed by atoms with van der Waals surface area (Å²) in [5.41, 5.74) is 1.44. The number of benzene rings is 1. The zero-order valence-corrected chi connectivity index (χ0v) is 18.0. The second-order valence-electron chi connectivity index (χ2n) is 6.76. The van der Waals surface area contributed by atoms with Crippen LogP contribution in [0.1, 0.15) is 18.5 Å². The van der Waals surface area contributed by atoms with Crippen LogP contribution < -0.4 is 0 Å². The molecule has 0 bridgehead atoms. The summed E-state index contributed by atoms with van der Waals surface area (Å²) < 4.78 is 6.59. The number of esters is 1.